The third-order valence-electron chi connectivity index (χ3n) is 9.05. The van der Waals surface area contributed by atoms with Crippen LogP contribution in [0, 0.1) is 5.82 Å². The Morgan fingerprint density at radius 3 is 1.45 bits per heavy atom. The van der Waals surface area contributed by atoms with Crippen LogP contribution in [0.25, 0.3) is 12.2 Å². The summed E-state index contributed by atoms with van der Waals surface area (Å²) in [7, 11) is 0. The summed E-state index contributed by atoms with van der Waals surface area (Å²) in [4.78, 5) is 2.46. The molecule has 3 heteroatoms. The number of benzene rings is 1. The van der Waals surface area contributed by atoms with Crippen molar-refractivity contribution in [2.75, 3.05) is 18.0 Å². The third-order valence-corrected chi connectivity index (χ3v) is 9.05. The minimum Gasteiger partial charge on any atom is -0.371 e. The van der Waals surface area contributed by atoms with E-state index in [-0.39, 0.29) is 5.82 Å². The van der Waals surface area contributed by atoms with Gasteiger partial charge in [-0.15, -0.1) is 0 Å². The number of unbranched alkanes of at least 4 members (excludes halogenated alkanes) is 19. The van der Waals surface area contributed by atoms with E-state index < -0.39 is 0 Å². The largest absolute Gasteiger partial charge is 0.371 e. The highest BCUT2D eigenvalue weighted by Crippen LogP contribution is 2.23. The van der Waals surface area contributed by atoms with Crippen molar-refractivity contribution in [2.45, 2.75) is 169 Å². The molecular formula is C41H68FN2+. The van der Waals surface area contributed by atoms with Gasteiger partial charge < -0.3 is 4.90 Å². The smallest absolute Gasteiger partial charge is 0.169 e. The molecule has 0 fully saturated rings. The van der Waals surface area contributed by atoms with E-state index in [0.717, 1.165) is 30.9 Å². The van der Waals surface area contributed by atoms with Crippen molar-refractivity contribution in [1.29, 1.82) is 0 Å². The van der Waals surface area contributed by atoms with Gasteiger partial charge in [0, 0.05) is 42.9 Å². The lowest BCUT2D eigenvalue weighted by Crippen LogP contribution is -2.32. The van der Waals surface area contributed by atoms with Gasteiger partial charge in [0.15, 0.2) is 12.4 Å². The van der Waals surface area contributed by atoms with Gasteiger partial charge >= 0.3 is 0 Å². The van der Waals surface area contributed by atoms with E-state index in [1.807, 2.05) is 18.2 Å². The van der Waals surface area contributed by atoms with Crippen molar-refractivity contribution in [2.24, 2.45) is 0 Å². The van der Waals surface area contributed by atoms with Gasteiger partial charge in [0.1, 0.15) is 12.4 Å². The monoisotopic (exact) mass is 608 g/mol. The Labute approximate surface area is 272 Å². The molecule has 0 aliphatic heterocycles. The van der Waals surface area contributed by atoms with E-state index in [1.165, 1.54) is 141 Å². The van der Waals surface area contributed by atoms with Crippen molar-refractivity contribution in [1.82, 2.24) is 0 Å². The maximum Gasteiger partial charge on any atom is 0.169 e. The molecular weight excluding hydrogens is 539 g/mol. The second-order valence-corrected chi connectivity index (χ2v) is 13.1. The molecule has 2 rings (SSSR count). The van der Waals surface area contributed by atoms with Crippen LogP contribution in [0.5, 0.6) is 0 Å². The van der Waals surface area contributed by atoms with E-state index in [9.17, 15) is 0 Å². The van der Waals surface area contributed by atoms with Crippen LogP contribution in [0.4, 0.5) is 10.1 Å². The molecule has 2 nitrogen and oxygen atoms in total. The van der Waals surface area contributed by atoms with Crippen LogP contribution < -0.4 is 9.47 Å². The predicted octanol–water partition coefficient (Wildman–Crippen LogP) is 12.7. The molecule has 248 valence electrons. The number of aryl methyl sites for hydroxylation is 1. The molecule has 0 N–H and O–H groups in total. The lowest BCUT2D eigenvalue weighted by molar-refractivity contribution is -0.697. The fourth-order valence-corrected chi connectivity index (χ4v) is 6.05. The first-order valence-electron chi connectivity index (χ1n) is 18.9. The normalized spacial score (nSPS) is 11.5. The van der Waals surface area contributed by atoms with E-state index in [1.54, 1.807) is 6.07 Å². The van der Waals surface area contributed by atoms with Crippen LogP contribution in [0.3, 0.4) is 0 Å². The quantitative estimate of drug-likeness (QED) is 0.0689. The van der Waals surface area contributed by atoms with Gasteiger partial charge in [0.25, 0.3) is 0 Å². The van der Waals surface area contributed by atoms with Gasteiger partial charge in [-0.2, -0.15) is 0 Å². The van der Waals surface area contributed by atoms with Crippen molar-refractivity contribution in [3.63, 3.8) is 0 Å². The molecule has 1 heterocycles. The Morgan fingerprint density at radius 1 is 0.545 bits per heavy atom. The molecule has 0 saturated heterocycles. The minimum atomic E-state index is -0.121. The number of rotatable bonds is 28. The molecule has 0 saturated carbocycles. The van der Waals surface area contributed by atoms with Gasteiger partial charge in [0.2, 0.25) is 0 Å². The zero-order valence-corrected chi connectivity index (χ0v) is 29.1. The SMILES string of the molecule is CCCCCCCCCCCCN(CCCCCCCCCCCC)c1ccc(/C=C/c2cc[n+](CCCC)cc2)c(F)c1. The Bertz CT molecular complexity index is 943. The number of hydrogen-bond acceptors (Lipinski definition) is 1. The Kier molecular flexibility index (Phi) is 22.6. The van der Waals surface area contributed by atoms with Crippen LogP contribution in [0.1, 0.15) is 173 Å². The third kappa shape index (κ3) is 18.0. The number of anilines is 1. The van der Waals surface area contributed by atoms with Gasteiger partial charge in [-0.1, -0.05) is 155 Å². The molecule has 1 aromatic heterocycles. The number of nitrogens with zero attached hydrogens (tertiary/aromatic N) is 2. The van der Waals surface area contributed by atoms with E-state index in [2.05, 4.69) is 60.8 Å². The lowest BCUT2D eigenvalue weighted by atomic mass is 10.1. The van der Waals surface area contributed by atoms with Crippen LogP contribution >= 0.6 is 0 Å². The maximum atomic E-state index is 15.3. The summed E-state index contributed by atoms with van der Waals surface area (Å²) in [6.07, 6.45) is 37.5. The van der Waals surface area contributed by atoms with Crippen molar-refractivity contribution >= 4 is 17.8 Å². The fourth-order valence-electron chi connectivity index (χ4n) is 6.05. The summed E-state index contributed by atoms with van der Waals surface area (Å²) >= 11 is 0. The molecule has 0 amide bonds. The summed E-state index contributed by atoms with van der Waals surface area (Å²) in [5.41, 5.74) is 2.81. The number of pyridine rings is 1. The van der Waals surface area contributed by atoms with Gasteiger partial charge in [-0.05, 0) is 36.6 Å². The molecule has 44 heavy (non-hydrogen) atoms. The average Bonchev–Trinajstić information content (AvgIpc) is 3.04. The summed E-state index contributed by atoms with van der Waals surface area (Å²) in [5, 5.41) is 0. The van der Waals surface area contributed by atoms with E-state index in [4.69, 9.17) is 0 Å². The van der Waals surface area contributed by atoms with E-state index >= 15 is 4.39 Å². The van der Waals surface area contributed by atoms with Crippen LogP contribution in [0.2, 0.25) is 0 Å². The molecule has 2 aromatic rings. The summed E-state index contributed by atoms with van der Waals surface area (Å²) in [5.74, 6) is -0.121. The highest BCUT2D eigenvalue weighted by molar-refractivity contribution is 5.70. The van der Waals surface area contributed by atoms with Gasteiger partial charge in [-0.25, -0.2) is 8.96 Å². The molecule has 0 aliphatic carbocycles. The first-order valence-corrected chi connectivity index (χ1v) is 18.9. The standard InChI is InChI=1S/C41H68FN2/c1-4-7-10-12-14-16-18-20-22-24-33-44(34-25-23-21-19-17-15-13-11-8-5-2)40-29-28-39(41(42)37-40)27-26-38-30-35-43(36-31-38)32-9-6-3/h26-31,35-37H,4-25,32-34H2,1-3H3/q+1. The lowest BCUT2D eigenvalue weighted by Gasteiger charge is -2.25. The molecule has 0 unspecified atom stereocenters. The molecule has 1 aromatic carbocycles. The first-order chi connectivity index (χ1) is 21.7. The highest BCUT2D eigenvalue weighted by Gasteiger charge is 2.10. The highest BCUT2D eigenvalue weighted by atomic mass is 19.1. The zero-order chi connectivity index (χ0) is 31.5. The summed E-state index contributed by atoms with van der Waals surface area (Å²) in [6.45, 7) is 9.90. The Morgan fingerprint density at radius 2 is 1.00 bits per heavy atom. The zero-order valence-electron chi connectivity index (χ0n) is 29.1. The van der Waals surface area contributed by atoms with Crippen LogP contribution in [-0.4, -0.2) is 13.1 Å². The molecule has 0 radical (unpaired) electrons. The Balaban J connectivity index is 1.86. The van der Waals surface area contributed by atoms with E-state index in [0.29, 0.717) is 5.56 Å². The average molecular weight is 608 g/mol. The van der Waals surface area contributed by atoms with Gasteiger partial charge in [-0.3, -0.25) is 0 Å². The summed E-state index contributed by atoms with van der Waals surface area (Å²) < 4.78 is 17.5. The second-order valence-electron chi connectivity index (χ2n) is 13.1. The molecule has 0 bridgehead atoms. The minimum absolute atomic E-state index is 0.121. The van der Waals surface area contributed by atoms with Crippen molar-refractivity contribution in [3.05, 3.63) is 59.7 Å². The summed E-state index contributed by atoms with van der Waals surface area (Å²) in [6, 6.07) is 10.1. The topological polar surface area (TPSA) is 7.12 Å². The molecule has 0 aliphatic rings. The number of hydrogen-bond donors (Lipinski definition) is 0. The van der Waals surface area contributed by atoms with Gasteiger partial charge in [0.05, 0.1) is 0 Å². The van der Waals surface area contributed by atoms with Crippen molar-refractivity contribution in [3.8, 4) is 0 Å². The second kappa shape index (κ2) is 26.1. The first kappa shape index (κ1) is 38.0. The molecule has 0 atom stereocenters. The van der Waals surface area contributed by atoms with Crippen molar-refractivity contribution < 1.29 is 8.96 Å². The number of halogens is 1. The van der Waals surface area contributed by atoms with Crippen LogP contribution in [-0.2, 0) is 6.54 Å². The maximum absolute atomic E-state index is 15.3. The fraction of sp³-hybridized carbons (Fsp3) is 0.683. The molecule has 0 spiro atoms. The number of aromatic nitrogens is 1. The van der Waals surface area contributed by atoms with Crippen LogP contribution in [0.15, 0.2) is 42.7 Å². The Hall–Kier alpha value is -2.16. The predicted molar refractivity (Wildman–Crippen MR) is 193 cm³/mol.